The largest absolute Gasteiger partial charge is 0.453 e. The van der Waals surface area contributed by atoms with Crippen LogP contribution in [0.1, 0.15) is 111 Å². The zero-order valence-electron chi connectivity index (χ0n) is 45.7. The third-order valence-electron chi connectivity index (χ3n) is 16.0. The van der Waals surface area contributed by atoms with E-state index in [0.29, 0.717) is 74.4 Å². The predicted octanol–water partition coefficient (Wildman–Crippen LogP) is 8.32. The van der Waals surface area contributed by atoms with Crippen molar-refractivity contribution in [1.29, 1.82) is 0 Å². The van der Waals surface area contributed by atoms with Crippen molar-refractivity contribution in [2.75, 3.05) is 71.0 Å². The molecule has 2 aromatic heterocycles. The van der Waals surface area contributed by atoms with E-state index in [-0.39, 0.29) is 71.9 Å². The summed E-state index contributed by atoms with van der Waals surface area (Å²) in [6, 6.07) is 13.7. The maximum absolute atomic E-state index is 17.0. The summed E-state index contributed by atoms with van der Waals surface area (Å²) in [5.41, 5.74) is 8.57. The lowest BCUT2D eigenvalue weighted by Crippen LogP contribution is -2.54. The summed E-state index contributed by atoms with van der Waals surface area (Å²) in [6.45, 7) is 4.81. The lowest BCUT2D eigenvalue weighted by molar-refractivity contribution is -0.138. The van der Waals surface area contributed by atoms with Crippen LogP contribution in [0.15, 0.2) is 66.7 Å². The quantitative estimate of drug-likeness (QED) is 0.0482. The molecule has 0 spiro atoms. The molecular weight excluding hydrogens is 1040 g/mol. The van der Waals surface area contributed by atoms with Gasteiger partial charge in [0.25, 0.3) is 0 Å². The number of nitrogens with zero attached hydrogens (tertiary/aromatic N) is 6. The fourth-order valence-electron chi connectivity index (χ4n) is 11.7. The van der Waals surface area contributed by atoms with Gasteiger partial charge in [-0.05, 0) is 101 Å². The highest BCUT2D eigenvalue weighted by Crippen LogP contribution is 2.50. The number of methoxy groups -OCH3 is 4. The number of ether oxygens (including phenoxy) is 4. The van der Waals surface area contributed by atoms with Crippen LogP contribution in [-0.4, -0.2) is 139 Å². The number of nitrogens with two attached hydrogens (primary N) is 1. The SMILES string of the molecule is COC(=O)NC(C(=O)N1CCC[C@H]1c1nc2cc(F)c([C@H]3CC[C@H](c4cc5[nH]c(CN(CCCN)C(=O)[C@@H](NC(=O)OC)[C@@H](C)OC)nc5cc4F)N3c3cc(F)c(N4CCC(c5ccccc5)CC4)c(F)c3)cc2[nH]1)[C@@H](C)OC. The number of H-pyrrole nitrogens is 2. The number of aromatic amines is 2. The molecule has 7 atom stereocenters. The van der Waals surface area contributed by atoms with Crippen molar-refractivity contribution in [1.82, 2.24) is 40.4 Å². The first-order valence-electron chi connectivity index (χ1n) is 27.0. The van der Waals surface area contributed by atoms with E-state index in [2.05, 4.69) is 37.7 Å². The minimum Gasteiger partial charge on any atom is -0.453 e. The lowest BCUT2D eigenvalue weighted by Gasteiger charge is -2.36. The maximum Gasteiger partial charge on any atom is 0.407 e. The maximum atomic E-state index is 17.0. The van der Waals surface area contributed by atoms with Crippen LogP contribution in [0.4, 0.5) is 38.5 Å². The molecule has 0 aliphatic carbocycles. The van der Waals surface area contributed by atoms with Gasteiger partial charge < -0.3 is 64.9 Å². The molecule has 0 radical (unpaired) electrons. The third kappa shape index (κ3) is 11.9. The van der Waals surface area contributed by atoms with Gasteiger partial charge in [0.2, 0.25) is 11.8 Å². The molecule has 6 aromatic rings. The number of aromatic nitrogens is 4. The van der Waals surface area contributed by atoms with Gasteiger partial charge in [-0.3, -0.25) is 9.59 Å². The molecule has 80 heavy (non-hydrogen) atoms. The number of imidazole rings is 2. The highest BCUT2D eigenvalue weighted by Gasteiger charge is 2.42. The summed E-state index contributed by atoms with van der Waals surface area (Å²) >= 11 is 0. The van der Waals surface area contributed by atoms with Gasteiger partial charge in [0, 0.05) is 69.3 Å². The van der Waals surface area contributed by atoms with Crippen LogP contribution >= 0.6 is 0 Å². The number of likely N-dealkylation sites (tertiary alicyclic amines) is 1. The van der Waals surface area contributed by atoms with Crippen LogP contribution in [0.2, 0.25) is 0 Å². The van der Waals surface area contributed by atoms with Crippen molar-refractivity contribution >= 4 is 57.4 Å². The van der Waals surface area contributed by atoms with Crippen molar-refractivity contribution in [3.63, 3.8) is 0 Å². The van der Waals surface area contributed by atoms with E-state index in [1.165, 1.54) is 63.2 Å². The highest BCUT2D eigenvalue weighted by molar-refractivity contribution is 5.88. The van der Waals surface area contributed by atoms with Crippen molar-refractivity contribution in [3.05, 3.63) is 118 Å². The Balaban J connectivity index is 1.06. The molecule has 3 saturated heterocycles. The van der Waals surface area contributed by atoms with Gasteiger partial charge in [-0.25, -0.2) is 37.1 Å². The second-order valence-electron chi connectivity index (χ2n) is 20.7. The minimum absolute atomic E-state index is 0.0694. The molecule has 1 unspecified atom stereocenters. The Morgan fingerprint density at radius 1 is 0.713 bits per heavy atom. The zero-order chi connectivity index (χ0) is 56.9. The second-order valence-corrected chi connectivity index (χ2v) is 20.7. The van der Waals surface area contributed by atoms with E-state index >= 15 is 17.6 Å². The summed E-state index contributed by atoms with van der Waals surface area (Å²) in [5.74, 6) is -2.97. The first-order chi connectivity index (χ1) is 38.5. The number of piperidine rings is 1. The molecule has 19 nitrogen and oxygen atoms in total. The molecule has 6 N–H and O–H groups in total. The number of anilines is 2. The van der Waals surface area contributed by atoms with Crippen LogP contribution in [-0.2, 0) is 35.1 Å². The fourth-order valence-corrected chi connectivity index (χ4v) is 11.7. The van der Waals surface area contributed by atoms with Gasteiger partial charge in [-0.15, -0.1) is 0 Å². The number of hydrogen-bond donors (Lipinski definition) is 5. The van der Waals surface area contributed by atoms with Gasteiger partial charge in [0.05, 0.1) is 73.2 Å². The van der Waals surface area contributed by atoms with Crippen LogP contribution in [0.5, 0.6) is 0 Å². The fraction of sp³-hybridized carbons (Fsp3) is 0.474. The number of benzene rings is 4. The number of rotatable bonds is 19. The number of fused-ring (bicyclic) bond motifs is 2. The molecule has 4 aromatic carbocycles. The molecule has 4 amide bonds. The zero-order valence-corrected chi connectivity index (χ0v) is 45.7. The lowest BCUT2D eigenvalue weighted by atomic mass is 9.89. The third-order valence-corrected chi connectivity index (χ3v) is 16.0. The van der Waals surface area contributed by atoms with Gasteiger partial charge >= 0.3 is 12.2 Å². The standard InChI is InChI=1S/C57H69F4N11O8/c1-31(77-3)50(67-56(75)79-5)54(73)70(20-11-19-62)30-49-63-42-26-36(38(58)28-44(42)64-49)46-15-16-47(72(46)35-24-40(60)52(41(61)25-35)69-22-17-34(18-23-69)33-12-8-7-9-13-33)37-27-43-45(29-39(37)59)66-53(65-43)48-14-10-21-71(48)55(74)51(32(2)78-4)68-57(76)80-6/h7-9,12-13,24-29,31-32,34,46-48,50-51H,10-11,14-23,30,62H2,1-6H3,(H,63,64)(H,65,66)(H,67,75)(H,68,76)/t31-,32-,46-,47-,48+,50+,51?/m1/s1. The molecule has 0 bridgehead atoms. The highest BCUT2D eigenvalue weighted by atomic mass is 19.1. The van der Waals surface area contributed by atoms with E-state index in [1.54, 1.807) is 40.7 Å². The van der Waals surface area contributed by atoms with E-state index in [4.69, 9.17) is 29.7 Å². The van der Waals surface area contributed by atoms with Crippen molar-refractivity contribution in [3.8, 4) is 0 Å². The molecule has 428 valence electrons. The average molecular weight is 1110 g/mol. The average Bonchev–Trinajstić information content (AvgIpc) is 4.39. The van der Waals surface area contributed by atoms with Gasteiger partial charge in [0.15, 0.2) is 11.6 Å². The van der Waals surface area contributed by atoms with Crippen LogP contribution in [0, 0.1) is 23.3 Å². The van der Waals surface area contributed by atoms with Gasteiger partial charge in [0.1, 0.15) is 41.1 Å². The van der Waals surface area contributed by atoms with E-state index < -0.39 is 89.7 Å². The van der Waals surface area contributed by atoms with E-state index in [1.807, 2.05) is 18.2 Å². The van der Waals surface area contributed by atoms with Crippen molar-refractivity contribution in [2.45, 2.75) is 114 Å². The summed E-state index contributed by atoms with van der Waals surface area (Å²) in [4.78, 5) is 75.1. The number of hydrogen-bond acceptors (Lipinski definition) is 13. The molecule has 0 saturated carbocycles. The first kappa shape index (κ1) is 57.2. The molecule has 23 heteroatoms. The first-order valence-corrected chi connectivity index (χ1v) is 27.0. The Kier molecular flexibility index (Phi) is 17.8. The number of nitrogens with one attached hydrogen (secondary N) is 4. The summed E-state index contributed by atoms with van der Waals surface area (Å²) in [5, 5.41) is 5.12. The number of alkyl carbamates (subject to hydrolysis) is 2. The molecule has 3 aliphatic heterocycles. The predicted molar refractivity (Wildman–Crippen MR) is 291 cm³/mol. The summed E-state index contributed by atoms with van der Waals surface area (Å²) in [7, 11) is 5.20. The van der Waals surface area contributed by atoms with E-state index in [9.17, 15) is 19.2 Å². The molecule has 3 fully saturated rings. The number of carbonyl (C=O) groups excluding carboxylic acids is 4. The normalized spacial score (nSPS) is 19.3. The minimum atomic E-state index is -1.13. The Bertz CT molecular complexity index is 3170. The van der Waals surface area contributed by atoms with Gasteiger partial charge in [-0.1, -0.05) is 30.3 Å². The molecule has 9 rings (SSSR count). The second kappa shape index (κ2) is 24.9. The number of halogens is 4. The van der Waals surface area contributed by atoms with Crippen molar-refractivity contribution < 1.29 is 55.7 Å². The Morgan fingerprint density at radius 2 is 1.29 bits per heavy atom. The number of amides is 4. The Hall–Kier alpha value is -7.50. The topological polar surface area (TPSA) is 226 Å². The smallest absolute Gasteiger partial charge is 0.407 e. The van der Waals surface area contributed by atoms with Crippen LogP contribution in [0.25, 0.3) is 22.1 Å². The monoisotopic (exact) mass is 1110 g/mol. The molecule has 3 aliphatic rings. The molecular formula is C57H69F4N11O8. The van der Waals surface area contributed by atoms with Crippen LogP contribution in [0.3, 0.4) is 0 Å². The Morgan fingerprint density at radius 3 is 1.88 bits per heavy atom. The Labute approximate surface area is 460 Å². The summed E-state index contributed by atoms with van der Waals surface area (Å²) < 4.78 is 88.1. The van der Waals surface area contributed by atoms with Gasteiger partial charge in [-0.2, -0.15) is 0 Å². The van der Waals surface area contributed by atoms with Crippen molar-refractivity contribution in [2.24, 2.45) is 5.73 Å². The molecule has 5 heterocycles. The number of carbonyl (C=O) groups is 4. The van der Waals surface area contributed by atoms with E-state index in [0.717, 1.165) is 0 Å². The van der Waals surface area contributed by atoms with Crippen LogP contribution < -0.4 is 26.2 Å². The summed E-state index contributed by atoms with van der Waals surface area (Å²) in [6.07, 6.45) is 0.284.